The molecule has 0 aliphatic rings. The van der Waals surface area contributed by atoms with Gasteiger partial charge in [-0.2, -0.15) is 0 Å². The first-order chi connectivity index (χ1) is 23.8. The smallest absolute Gasteiger partial charge is 0.145 e. The highest BCUT2D eigenvalue weighted by Gasteiger charge is 2.22. The summed E-state index contributed by atoms with van der Waals surface area (Å²) in [4.78, 5) is 0. The molecule has 0 bridgehead atoms. The van der Waals surface area contributed by atoms with Gasteiger partial charge in [-0.05, 0) is 81.2 Å². The molecule has 2 heterocycles. The summed E-state index contributed by atoms with van der Waals surface area (Å²) in [6.45, 7) is 0. The van der Waals surface area contributed by atoms with E-state index in [1.807, 2.05) is 0 Å². The summed E-state index contributed by atoms with van der Waals surface area (Å²) in [5.41, 5.74) is 12.5. The fraction of sp³-hybridized carbons (Fsp3) is 0. The van der Waals surface area contributed by atoms with Crippen molar-refractivity contribution < 1.29 is 4.42 Å². The van der Waals surface area contributed by atoms with E-state index in [1.165, 1.54) is 60.6 Å². The van der Waals surface area contributed by atoms with Crippen LogP contribution in [0.3, 0.4) is 0 Å². The summed E-state index contributed by atoms with van der Waals surface area (Å²) in [5.74, 6) is 0. The van der Waals surface area contributed by atoms with Crippen LogP contribution in [0.25, 0.3) is 93.6 Å². The Kier molecular flexibility index (Phi) is 5.91. The molecule has 224 valence electrons. The van der Waals surface area contributed by atoms with Crippen LogP contribution in [0.2, 0.25) is 0 Å². The quantitative estimate of drug-likeness (QED) is 0.194. The van der Waals surface area contributed by atoms with Gasteiger partial charge in [0, 0.05) is 27.2 Å². The Labute approximate surface area is 277 Å². The van der Waals surface area contributed by atoms with Crippen molar-refractivity contribution in [2.24, 2.45) is 0 Å². The number of hydrogen-bond donors (Lipinski definition) is 0. The van der Waals surface area contributed by atoms with Crippen molar-refractivity contribution in [1.29, 1.82) is 0 Å². The topological polar surface area (TPSA) is 18.1 Å². The van der Waals surface area contributed by atoms with Crippen molar-refractivity contribution in [3.8, 4) is 39.1 Å². The number of benzene rings is 8. The molecule has 2 nitrogen and oxygen atoms in total. The van der Waals surface area contributed by atoms with Gasteiger partial charge in [-0.1, -0.05) is 133 Å². The highest BCUT2D eigenvalue weighted by molar-refractivity contribution is 6.35. The van der Waals surface area contributed by atoms with Gasteiger partial charge in [0.05, 0.1) is 16.4 Å². The summed E-state index contributed by atoms with van der Waals surface area (Å²) < 4.78 is 9.10. The van der Waals surface area contributed by atoms with Crippen molar-refractivity contribution >= 4 is 54.5 Å². The molecule has 48 heavy (non-hydrogen) atoms. The number of fused-ring (bicyclic) bond motifs is 10. The van der Waals surface area contributed by atoms with Gasteiger partial charge < -0.3 is 8.98 Å². The molecule has 0 aliphatic carbocycles. The number of para-hydroxylation sites is 2. The van der Waals surface area contributed by atoms with E-state index < -0.39 is 0 Å². The molecular formula is C46H29NO. The van der Waals surface area contributed by atoms with Gasteiger partial charge >= 0.3 is 0 Å². The molecule has 0 saturated heterocycles. The molecule has 10 rings (SSSR count). The molecule has 0 atom stereocenters. The standard InChI is InChI=1S/C46H29NO/c1-3-14-30(15-4-1)33-26-34(31-16-5-2-6-17-31)28-35(27-33)32-18-13-19-36(29-32)47-41-24-11-9-22-39(41)43-37-20-7-8-21-38(37)46-44(45(43)47)40-23-10-12-25-42(40)48-46/h1-29H. The summed E-state index contributed by atoms with van der Waals surface area (Å²) >= 11 is 0. The van der Waals surface area contributed by atoms with E-state index in [2.05, 4.69) is 180 Å². The van der Waals surface area contributed by atoms with Gasteiger partial charge in [0.2, 0.25) is 0 Å². The Morgan fingerprint density at radius 2 is 0.896 bits per heavy atom. The Morgan fingerprint density at radius 1 is 0.354 bits per heavy atom. The van der Waals surface area contributed by atoms with Gasteiger partial charge in [-0.15, -0.1) is 0 Å². The molecular weight excluding hydrogens is 583 g/mol. The zero-order valence-corrected chi connectivity index (χ0v) is 26.1. The minimum atomic E-state index is 0.905. The van der Waals surface area contributed by atoms with Crippen molar-refractivity contribution in [1.82, 2.24) is 4.57 Å². The van der Waals surface area contributed by atoms with Crippen molar-refractivity contribution in [2.45, 2.75) is 0 Å². The van der Waals surface area contributed by atoms with Crippen LogP contribution < -0.4 is 0 Å². The third-order valence-electron chi connectivity index (χ3n) is 9.73. The number of aromatic nitrogens is 1. The van der Waals surface area contributed by atoms with E-state index in [9.17, 15) is 0 Å². The summed E-state index contributed by atoms with van der Waals surface area (Å²) in [6, 6.07) is 63.2. The fourth-order valence-electron chi connectivity index (χ4n) is 7.60. The second-order valence-electron chi connectivity index (χ2n) is 12.5. The van der Waals surface area contributed by atoms with E-state index in [0.29, 0.717) is 0 Å². The average molecular weight is 612 g/mol. The Balaban J connectivity index is 1.28. The minimum Gasteiger partial charge on any atom is -0.455 e. The largest absolute Gasteiger partial charge is 0.455 e. The zero-order valence-electron chi connectivity index (χ0n) is 26.1. The normalized spacial score (nSPS) is 11.8. The first kappa shape index (κ1) is 26.8. The first-order valence-electron chi connectivity index (χ1n) is 16.4. The highest BCUT2D eigenvalue weighted by atomic mass is 16.3. The fourth-order valence-corrected chi connectivity index (χ4v) is 7.60. The van der Waals surface area contributed by atoms with Crippen LogP contribution in [0.1, 0.15) is 0 Å². The van der Waals surface area contributed by atoms with Crippen molar-refractivity contribution in [3.63, 3.8) is 0 Å². The lowest BCUT2D eigenvalue weighted by molar-refractivity contribution is 0.673. The van der Waals surface area contributed by atoms with Crippen LogP contribution in [-0.2, 0) is 0 Å². The van der Waals surface area contributed by atoms with Gasteiger partial charge in [0.1, 0.15) is 11.2 Å². The van der Waals surface area contributed by atoms with E-state index in [0.717, 1.165) is 33.0 Å². The molecule has 0 aliphatic heterocycles. The molecule has 0 spiro atoms. The van der Waals surface area contributed by atoms with E-state index in [1.54, 1.807) is 0 Å². The molecule has 8 aromatic carbocycles. The molecule has 0 fully saturated rings. The number of nitrogens with zero attached hydrogens (tertiary/aromatic N) is 1. The molecule has 0 N–H and O–H groups in total. The van der Waals surface area contributed by atoms with Gasteiger partial charge in [0.25, 0.3) is 0 Å². The second-order valence-corrected chi connectivity index (χ2v) is 12.5. The van der Waals surface area contributed by atoms with Gasteiger partial charge in [0.15, 0.2) is 0 Å². The summed E-state index contributed by atoms with van der Waals surface area (Å²) in [5, 5.41) is 7.11. The lowest BCUT2D eigenvalue weighted by atomic mass is 9.93. The maximum Gasteiger partial charge on any atom is 0.145 e. The van der Waals surface area contributed by atoms with Gasteiger partial charge in [-0.3, -0.25) is 0 Å². The SMILES string of the molecule is c1ccc(-c2cc(-c3ccccc3)cc(-c3cccc(-n4c5ccccc5c5c6ccccc6c6oc7ccccc7c6c54)c3)c2)cc1. The van der Waals surface area contributed by atoms with E-state index in [4.69, 9.17) is 4.42 Å². The summed E-state index contributed by atoms with van der Waals surface area (Å²) in [7, 11) is 0. The van der Waals surface area contributed by atoms with E-state index in [-0.39, 0.29) is 0 Å². The molecule has 0 radical (unpaired) electrons. The molecule has 2 heteroatoms. The van der Waals surface area contributed by atoms with E-state index >= 15 is 0 Å². The third kappa shape index (κ3) is 4.06. The van der Waals surface area contributed by atoms with Crippen LogP contribution in [-0.4, -0.2) is 4.57 Å². The predicted octanol–water partition coefficient (Wildman–Crippen LogP) is 12.8. The number of hydrogen-bond acceptors (Lipinski definition) is 1. The maximum absolute atomic E-state index is 6.65. The minimum absolute atomic E-state index is 0.905. The molecule has 0 saturated carbocycles. The van der Waals surface area contributed by atoms with Crippen LogP contribution in [0.5, 0.6) is 0 Å². The van der Waals surface area contributed by atoms with Crippen LogP contribution in [0.4, 0.5) is 0 Å². The molecule has 10 aromatic rings. The second kappa shape index (κ2) is 10.6. The zero-order chi connectivity index (χ0) is 31.6. The van der Waals surface area contributed by atoms with Crippen LogP contribution in [0, 0.1) is 0 Å². The third-order valence-corrected chi connectivity index (χ3v) is 9.73. The van der Waals surface area contributed by atoms with Gasteiger partial charge in [-0.25, -0.2) is 0 Å². The predicted molar refractivity (Wildman–Crippen MR) is 202 cm³/mol. The lowest BCUT2D eigenvalue weighted by Gasteiger charge is -2.14. The number of rotatable bonds is 4. The summed E-state index contributed by atoms with van der Waals surface area (Å²) in [6.07, 6.45) is 0. The van der Waals surface area contributed by atoms with Crippen LogP contribution in [0.15, 0.2) is 180 Å². The maximum atomic E-state index is 6.65. The Hall–Kier alpha value is -6.38. The highest BCUT2D eigenvalue weighted by Crippen LogP contribution is 2.46. The molecule has 2 aromatic heterocycles. The van der Waals surface area contributed by atoms with Crippen molar-refractivity contribution in [3.05, 3.63) is 176 Å². The molecule has 0 unspecified atom stereocenters. The molecule has 0 amide bonds. The monoisotopic (exact) mass is 611 g/mol. The first-order valence-corrected chi connectivity index (χ1v) is 16.4. The Bertz CT molecular complexity index is 2760. The van der Waals surface area contributed by atoms with Crippen LogP contribution >= 0.6 is 0 Å². The lowest BCUT2D eigenvalue weighted by Crippen LogP contribution is -1.95. The average Bonchev–Trinajstić information content (AvgIpc) is 3.72. The number of furan rings is 1. The Morgan fingerprint density at radius 3 is 1.60 bits per heavy atom. The van der Waals surface area contributed by atoms with Crippen molar-refractivity contribution in [2.75, 3.05) is 0 Å².